The summed E-state index contributed by atoms with van der Waals surface area (Å²) in [6.07, 6.45) is 7.35. The van der Waals surface area contributed by atoms with Crippen LogP contribution in [0, 0.1) is 10.1 Å². The molecule has 0 saturated carbocycles. The van der Waals surface area contributed by atoms with Gasteiger partial charge >= 0.3 is 5.69 Å². The van der Waals surface area contributed by atoms with Gasteiger partial charge in [0.25, 0.3) is 0 Å². The zero-order valence-electron chi connectivity index (χ0n) is 11.7. The molecular weight excluding hydrogens is 274 g/mol. The zero-order valence-corrected chi connectivity index (χ0v) is 11.7. The summed E-state index contributed by atoms with van der Waals surface area (Å²) in [7, 11) is 0. The van der Waals surface area contributed by atoms with Crippen molar-refractivity contribution in [1.29, 1.82) is 0 Å². The Balaban J connectivity index is 2.08. The van der Waals surface area contributed by atoms with Gasteiger partial charge in [0.2, 0.25) is 11.6 Å². The van der Waals surface area contributed by atoms with Crippen LogP contribution >= 0.6 is 0 Å². The summed E-state index contributed by atoms with van der Waals surface area (Å²) in [6.45, 7) is 3.73. The summed E-state index contributed by atoms with van der Waals surface area (Å²) in [4.78, 5) is 22.6. The maximum atomic E-state index is 11.2. The fraction of sp³-hybridized carbons (Fsp3) is 0.417. The van der Waals surface area contributed by atoms with Crippen molar-refractivity contribution in [3.63, 3.8) is 0 Å². The lowest BCUT2D eigenvalue weighted by Gasteiger charge is -2.09. The predicted molar refractivity (Wildman–Crippen MR) is 78.2 cm³/mol. The number of hydrogen-bond donors (Lipinski definition) is 2. The first-order valence-corrected chi connectivity index (χ1v) is 6.65. The molecule has 0 amide bonds. The monoisotopic (exact) mass is 291 g/mol. The van der Waals surface area contributed by atoms with E-state index in [4.69, 9.17) is 0 Å². The molecule has 0 spiro atoms. The first-order chi connectivity index (χ1) is 10.2. The van der Waals surface area contributed by atoms with E-state index >= 15 is 0 Å². The number of nitrogens with zero attached hydrogens (tertiary/aromatic N) is 5. The Morgan fingerprint density at radius 1 is 1.29 bits per heavy atom. The van der Waals surface area contributed by atoms with E-state index in [9.17, 15) is 10.1 Å². The van der Waals surface area contributed by atoms with E-state index in [-0.39, 0.29) is 17.3 Å². The molecule has 0 fully saturated rings. The molecule has 0 bridgehead atoms. The Kier molecular flexibility index (Phi) is 5.02. The first kappa shape index (κ1) is 14.7. The van der Waals surface area contributed by atoms with Gasteiger partial charge in [0.1, 0.15) is 6.33 Å². The minimum absolute atomic E-state index is 0.128. The average molecular weight is 291 g/mol. The largest absolute Gasteiger partial charge is 0.364 e. The molecule has 0 aliphatic heterocycles. The van der Waals surface area contributed by atoms with Gasteiger partial charge in [-0.1, -0.05) is 6.92 Å². The second-order valence-corrected chi connectivity index (χ2v) is 4.33. The van der Waals surface area contributed by atoms with E-state index < -0.39 is 4.92 Å². The number of imidazole rings is 1. The Bertz CT molecular complexity index is 585. The van der Waals surface area contributed by atoms with Crippen molar-refractivity contribution in [2.45, 2.75) is 19.9 Å². The van der Waals surface area contributed by atoms with Gasteiger partial charge in [-0.05, 0) is 6.42 Å². The van der Waals surface area contributed by atoms with E-state index in [2.05, 4.69) is 25.6 Å². The van der Waals surface area contributed by atoms with Crippen LogP contribution in [0.4, 0.5) is 17.3 Å². The number of hydrogen-bond acceptors (Lipinski definition) is 7. The molecule has 9 nitrogen and oxygen atoms in total. The average Bonchev–Trinajstić information content (AvgIpc) is 2.98. The van der Waals surface area contributed by atoms with E-state index in [1.54, 1.807) is 12.5 Å². The molecule has 112 valence electrons. The van der Waals surface area contributed by atoms with Crippen molar-refractivity contribution in [1.82, 2.24) is 19.5 Å². The summed E-state index contributed by atoms with van der Waals surface area (Å²) >= 11 is 0. The summed E-state index contributed by atoms with van der Waals surface area (Å²) in [5.41, 5.74) is -0.128. The molecule has 0 radical (unpaired) electrons. The molecule has 2 rings (SSSR count). The van der Waals surface area contributed by atoms with Gasteiger partial charge in [0, 0.05) is 32.0 Å². The van der Waals surface area contributed by atoms with Crippen molar-refractivity contribution in [3.05, 3.63) is 35.2 Å². The summed E-state index contributed by atoms with van der Waals surface area (Å²) in [5, 5.41) is 17.1. The second kappa shape index (κ2) is 7.17. The summed E-state index contributed by atoms with van der Waals surface area (Å²) < 4.78 is 1.87. The first-order valence-electron chi connectivity index (χ1n) is 6.65. The Morgan fingerprint density at radius 2 is 2.00 bits per heavy atom. The van der Waals surface area contributed by atoms with Crippen LogP contribution in [0.2, 0.25) is 0 Å². The molecule has 9 heteroatoms. The number of nitrogens with one attached hydrogen (secondary N) is 2. The van der Waals surface area contributed by atoms with Crippen molar-refractivity contribution in [2.24, 2.45) is 0 Å². The zero-order chi connectivity index (χ0) is 15.1. The van der Waals surface area contributed by atoms with E-state index in [1.807, 2.05) is 17.7 Å². The normalized spacial score (nSPS) is 10.3. The highest BCUT2D eigenvalue weighted by Gasteiger charge is 2.22. The van der Waals surface area contributed by atoms with Crippen molar-refractivity contribution in [2.75, 3.05) is 23.7 Å². The van der Waals surface area contributed by atoms with Gasteiger partial charge in [0.05, 0.1) is 11.3 Å². The fourth-order valence-corrected chi connectivity index (χ4v) is 1.78. The van der Waals surface area contributed by atoms with Gasteiger partial charge < -0.3 is 15.2 Å². The molecule has 0 unspecified atom stereocenters. The lowest BCUT2D eigenvalue weighted by atomic mass is 10.4. The highest BCUT2D eigenvalue weighted by Crippen LogP contribution is 2.28. The second-order valence-electron chi connectivity index (χ2n) is 4.33. The van der Waals surface area contributed by atoms with Crippen LogP contribution in [0.25, 0.3) is 0 Å². The van der Waals surface area contributed by atoms with Crippen LogP contribution in [0.15, 0.2) is 25.0 Å². The number of aromatic nitrogens is 4. The van der Waals surface area contributed by atoms with E-state index in [0.717, 1.165) is 6.42 Å². The number of anilines is 2. The summed E-state index contributed by atoms with van der Waals surface area (Å²) in [6, 6.07) is 0. The molecule has 2 aromatic rings. The van der Waals surface area contributed by atoms with Crippen molar-refractivity contribution in [3.8, 4) is 0 Å². The number of nitro groups is 1. The fourth-order valence-electron chi connectivity index (χ4n) is 1.78. The minimum atomic E-state index is -0.475. The van der Waals surface area contributed by atoms with Crippen LogP contribution in [0.1, 0.15) is 13.3 Å². The highest BCUT2D eigenvalue weighted by atomic mass is 16.6. The number of rotatable bonds is 8. The summed E-state index contributed by atoms with van der Waals surface area (Å²) in [5.74, 6) is 0.454. The van der Waals surface area contributed by atoms with Gasteiger partial charge in [-0.25, -0.2) is 15.0 Å². The molecule has 2 heterocycles. The quantitative estimate of drug-likeness (QED) is 0.560. The van der Waals surface area contributed by atoms with Crippen LogP contribution in [-0.2, 0) is 6.54 Å². The third-order valence-corrected chi connectivity index (χ3v) is 2.77. The predicted octanol–water partition coefficient (Wildman–Crippen LogP) is 1.52. The molecule has 2 N–H and O–H groups in total. The van der Waals surface area contributed by atoms with Crippen molar-refractivity contribution < 1.29 is 4.92 Å². The Labute approximate surface area is 121 Å². The smallest absolute Gasteiger partial charge is 0.353 e. The lowest BCUT2D eigenvalue weighted by molar-refractivity contribution is -0.383. The van der Waals surface area contributed by atoms with Crippen LogP contribution < -0.4 is 10.6 Å². The Hall–Kier alpha value is -2.71. The molecule has 0 aromatic carbocycles. The molecule has 0 saturated heterocycles. The Morgan fingerprint density at radius 3 is 2.57 bits per heavy atom. The molecule has 2 aromatic heterocycles. The third-order valence-electron chi connectivity index (χ3n) is 2.77. The van der Waals surface area contributed by atoms with E-state index in [1.165, 1.54) is 6.33 Å². The molecule has 0 aliphatic rings. The molecular formula is C12H17N7O2. The molecule has 21 heavy (non-hydrogen) atoms. The SMILES string of the molecule is CCCNc1ncnc(NCCn2ccnc2)c1[N+](=O)[O-]. The van der Waals surface area contributed by atoms with Gasteiger partial charge in [-0.15, -0.1) is 0 Å². The lowest BCUT2D eigenvalue weighted by Crippen LogP contribution is -2.13. The van der Waals surface area contributed by atoms with Crippen molar-refractivity contribution >= 4 is 17.3 Å². The standard InChI is InChI=1S/C12H17N7O2/c1-2-3-14-11-10(19(20)21)12(17-8-16-11)15-5-7-18-6-4-13-9-18/h4,6,8-9H,2-3,5,7H2,1H3,(H2,14,15,16,17). The van der Waals surface area contributed by atoms with Crippen LogP contribution in [-0.4, -0.2) is 37.5 Å². The van der Waals surface area contributed by atoms with Gasteiger partial charge in [-0.2, -0.15) is 0 Å². The molecule has 0 atom stereocenters. The van der Waals surface area contributed by atoms with Gasteiger partial charge in [0.15, 0.2) is 0 Å². The maximum Gasteiger partial charge on any atom is 0.353 e. The van der Waals surface area contributed by atoms with Crippen LogP contribution in [0.5, 0.6) is 0 Å². The topological polar surface area (TPSA) is 111 Å². The van der Waals surface area contributed by atoms with Gasteiger partial charge in [-0.3, -0.25) is 10.1 Å². The highest BCUT2D eigenvalue weighted by molar-refractivity contribution is 5.69. The maximum absolute atomic E-state index is 11.2. The minimum Gasteiger partial charge on any atom is -0.364 e. The van der Waals surface area contributed by atoms with E-state index in [0.29, 0.717) is 19.6 Å². The van der Waals surface area contributed by atoms with Crippen LogP contribution in [0.3, 0.4) is 0 Å². The third kappa shape index (κ3) is 3.88. The molecule has 0 aliphatic carbocycles.